The van der Waals surface area contributed by atoms with Crippen LogP contribution in [-0.4, -0.2) is 0 Å². The van der Waals surface area contributed by atoms with Crippen molar-refractivity contribution in [2.75, 3.05) is 0 Å². The zero-order valence-corrected chi connectivity index (χ0v) is 13.1. The average Bonchev–Trinajstić information content (AvgIpc) is 3.20. The Labute approximate surface area is 144 Å². The first-order chi connectivity index (χ1) is 10.6. The van der Waals surface area contributed by atoms with Crippen molar-refractivity contribution in [1.82, 2.24) is 0 Å². The van der Waals surface area contributed by atoms with Crippen molar-refractivity contribution in [2.24, 2.45) is 0 Å². The van der Waals surface area contributed by atoms with Gasteiger partial charge in [-0.15, -0.1) is 12.1 Å². The average molecular weight is 354 g/mol. The molecule has 0 aliphatic carbocycles. The Kier molecular flexibility index (Phi) is 7.41. The van der Waals surface area contributed by atoms with Crippen molar-refractivity contribution in [2.45, 2.75) is 6.18 Å². The van der Waals surface area contributed by atoms with E-state index in [0.717, 1.165) is 17.7 Å². The molecule has 118 valence electrons. The molecule has 0 radical (unpaired) electrons. The molecule has 4 heteroatoms. The summed E-state index contributed by atoms with van der Waals surface area (Å²) in [5.41, 5.74) is 0.482. The van der Waals surface area contributed by atoms with Crippen molar-refractivity contribution in [1.29, 1.82) is 0 Å². The smallest absolute Gasteiger partial charge is 0.214 e. The van der Waals surface area contributed by atoms with Gasteiger partial charge in [-0.05, 0) is 17.7 Å². The van der Waals surface area contributed by atoms with E-state index in [0.29, 0.717) is 5.56 Å². The third kappa shape index (κ3) is 6.61. The quantitative estimate of drug-likeness (QED) is 0.295. The third-order valence-electron chi connectivity index (χ3n) is 2.76. The molecule has 0 nitrogen and oxygen atoms in total. The van der Waals surface area contributed by atoms with Gasteiger partial charge in [-0.3, -0.25) is 0 Å². The maximum Gasteiger partial charge on any atom is 2.00 e. The predicted molar refractivity (Wildman–Crippen MR) is 81.5 cm³/mol. The van der Waals surface area contributed by atoms with Crippen molar-refractivity contribution in [3.63, 3.8) is 0 Å². The molecule has 0 aromatic heterocycles. The van der Waals surface area contributed by atoms with E-state index in [-0.39, 0.29) is 17.1 Å². The molecule has 0 atom stereocenters. The van der Waals surface area contributed by atoms with Gasteiger partial charge < -0.3 is 0 Å². The molecule has 23 heavy (non-hydrogen) atoms. The molecule has 3 aromatic rings. The molecule has 0 aliphatic heterocycles. The summed E-state index contributed by atoms with van der Waals surface area (Å²) in [4.78, 5) is 0. The predicted octanol–water partition coefficient (Wildman–Crippen LogP) is 5.23. The monoisotopic (exact) mass is 354 g/mol. The zero-order valence-electron chi connectivity index (χ0n) is 12.0. The molecule has 0 saturated carbocycles. The Hall–Kier alpha value is -2.21. The molecule has 0 fully saturated rings. The summed E-state index contributed by atoms with van der Waals surface area (Å²) in [6.45, 7) is 0. The minimum absolute atomic E-state index is 0. The van der Waals surface area contributed by atoms with Crippen LogP contribution in [0.3, 0.4) is 0 Å². The minimum atomic E-state index is -4.32. The first-order valence-corrected chi connectivity index (χ1v) is 6.63. The molecule has 0 aliphatic rings. The standard InChI is InChI=1S/C14H8F3.C5H5.Fe/c15-14(16,17)13-7-3-6-12(10-13)9-8-11-4-1-2-5-11;1-2-4-5-3-1;/h1-7,10H;1-5H;/q2*-1;+2. The molecule has 0 saturated heterocycles. The molecule has 3 aromatic carbocycles. The Morgan fingerprint density at radius 1 is 0.913 bits per heavy atom. The Morgan fingerprint density at radius 3 is 2.09 bits per heavy atom. The van der Waals surface area contributed by atoms with E-state index < -0.39 is 11.7 Å². The number of halogens is 3. The van der Waals surface area contributed by atoms with E-state index >= 15 is 0 Å². The van der Waals surface area contributed by atoms with Crippen LogP contribution < -0.4 is 0 Å². The van der Waals surface area contributed by atoms with E-state index in [4.69, 9.17) is 0 Å². The largest absolute Gasteiger partial charge is 2.00 e. The van der Waals surface area contributed by atoms with Gasteiger partial charge in [0, 0.05) is 0 Å². The molecular formula is C19H13F3Fe. The van der Waals surface area contributed by atoms with Gasteiger partial charge in [0.1, 0.15) is 0 Å². The van der Waals surface area contributed by atoms with Crippen molar-refractivity contribution in [3.05, 3.63) is 95.6 Å². The van der Waals surface area contributed by atoms with Gasteiger partial charge in [-0.25, -0.2) is 12.1 Å². The van der Waals surface area contributed by atoms with Crippen LogP contribution in [0.25, 0.3) is 0 Å². The van der Waals surface area contributed by atoms with Crippen LogP contribution in [0.2, 0.25) is 0 Å². The Morgan fingerprint density at radius 2 is 1.57 bits per heavy atom. The molecule has 0 heterocycles. The van der Waals surface area contributed by atoms with E-state index in [1.165, 1.54) is 6.07 Å². The van der Waals surface area contributed by atoms with E-state index in [1.54, 1.807) is 18.2 Å². The van der Waals surface area contributed by atoms with Gasteiger partial charge in [0.15, 0.2) is 0 Å². The fourth-order valence-corrected chi connectivity index (χ4v) is 1.70. The number of alkyl halides is 3. The summed E-state index contributed by atoms with van der Waals surface area (Å²) in [5, 5.41) is 0. The normalized spacial score (nSPS) is 9.70. The molecule has 0 unspecified atom stereocenters. The zero-order chi connectivity index (χ0) is 15.8. The summed E-state index contributed by atoms with van der Waals surface area (Å²) >= 11 is 0. The third-order valence-corrected chi connectivity index (χ3v) is 2.76. The van der Waals surface area contributed by atoms with Crippen molar-refractivity contribution >= 4 is 0 Å². The molecule has 0 bridgehead atoms. The molecule has 0 spiro atoms. The van der Waals surface area contributed by atoms with Gasteiger partial charge in [-0.2, -0.15) is 55.3 Å². The van der Waals surface area contributed by atoms with Gasteiger partial charge >= 0.3 is 23.2 Å². The maximum atomic E-state index is 12.4. The fourth-order valence-electron chi connectivity index (χ4n) is 1.70. The second-order valence-electron chi connectivity index (χ2n) is 4.46. The maximum absolute atomic E-state index is 12.4. The fraction of sp³-hybridized carbons (Fsp3) is 0.0526. The Balaban J connectivity index is 0.000000377. The second-order valence-corrected chi connectivity index (χ2v) is 4.46. The van der Waals surface area contributed by atoms with Crippen LogP contribution in [0, 0.1) is 11.8 Å². The number of hydrogen-bond acceptors (Lipinski definition) is 0. The molecule has 0 amide bonds. The topological polar surface area (TPSA) is 0 Å². The van der Waals surface area contributed by atoms with Gasteiger partial charge in [0.05, 0.1) is 5.56 Å². The van der Waals surface area contributed by atoms with Gasteiger partial charge in [-0.1, -0.05) is 17.7 Å². The van der Waals surface area contributed by atoms with Crippen LogP contribution >= 0.6 is 0 Å². The summed E-state index contributed by atoms with van der Waals surface area (Å²) in [5.74, 6) is 5.51. The molecule has 3 rings (SSSR count). The van der Waals surface area contributed by atoms with Crippen LogP contribution in [0.4, 0.5) is 13.2 Å². The SMILES string of the molecule is FC(F)(F)c1cccc(C#C[c-]2cccc2)c1.[Fe+2].c1cc[cH-]c1. The summed E-state index contributed by atoms with van der Waals surface area (Å²) < 4.78 is 37.3. The second kappa shape index (κ2) is 9.05. The van der Waals surface area contributed by atoms with Crippen LogP contribution in [0.1, 0.15) is 16.7 Å². The van der Waals surface area contributed by atoms with Crippen LogP contribution in [0.5, 0.6) is 0 Å². The van der Waals surface area contributed by atoms with Crippen molar-refractivity contribution < 1.29 is 30.2 Å². The summed E-state index contributed by atoms with van der Waals surface area (Å²) in [6, 6.07) is 22.3. The summed E-state index contributed by atoms with van der Waals surface area (Å²) in [7, 11) is 0. The van der Waals surface area contributed by atoms with Crippen molar-refractivity contribution in [3.8, 4) is 11.8 Å². The first kappa shape index (κ1) is 18.8. The number of benzene rings is 1. The van der Waals surface area contributed by atoms with Gasteiger partial charge in [0.2, 0.25) is 0 Å². The minimum Gasteiger partial charge on any atom is -0.214 e. The van der Waals surface area contributed by atoms with E-state index in [2.05, 4.69) is 11.8 Å². The van der Waals surface area contributed by atoms with Crippen LogP contribution in [-0.2, 0) is 23.2 Å². The first-order valence-electron chi connectivity index (χ1n) is 6.63. The van der Waals surface area contributed by atoms with Crippen LogP contribution in [0.15, 0.2) is 78.9 Å². The Bertz CT molecular complexity index is 710. The van der Waals surface area contributed by atoms with E-state index in [9.17, 15) is 13.2 Å². The molecule has 0 N–H and O–H groups in total. The van der Waals surface area contributed by atoms with Gasteiger partial charge in [0.25, 0.3) is 0 Å². The molecular weight excluding hydrogens is 341 g/mol. The van der Waals surface area contributed by atoms with E-state index in [1.807, 2.05) is 42.5 Å². The number of hydrogen-bond donors (Lipinski definition) is 0. The number of rotatable bonds is 0. The summed E-state index contributed by atoms with van der Waals surface area (Å²) in [6.07, 6.45) is -4.32.